The van der Waals surface area contributed by atoms with Crippen LogP contribution in [0.2, 0.25) is 0 Å². The third-order valence-corrected chi connectivity index (χ3v) is 5.75. The first-order valence-corrected chi connectivity index (χ1v) is 10.7. The molecule has 1 aromatic carbocycles. The number of thioether (sulfide) groups is 1. The average Bonchev–Trinajstić information content (AvgIpc) is 2.61. The van der Waals surface area contributed by atoms with Gasteiger partial charge in [0, 0.05) is 11.3 Å². The number of hydrogen-bond acceptors (Lipinski definition) is 4. The molecule has 1 aliphatic heterocycles. The highest BCUT2D eigenvalue weighted by atomic mass is 32.2. The summed E-state index contributed by atoms with van der Waals surface area (Å²) in [5, 5.41) is 13.2. The summed E-state index contributed by atoms with van der Waals surface area (Å²) >= 11 is 1.77. The van der Waals surface area contributed by atoms with Gasteiger partial charge in [-0.25, -0.2) is 9.18 Å². The van der Waals surface area contributed by atoms with E-state index in [4.69, 9.17) is 4.74 Å². The van der Waals surface area contributed by atoms with Crippen molar-refractivity contribution in [3.63, 3.8) is 0 Å². The molecule has 6 heteroatoms. The van der Waals surface area contributed by atoms with E-state index in [0.29, 0.717) is 30.7 Å². The highest BCUT2D eigenvalue weighted by Crippen LogP contribution is 2.37. The van der Waals surface area contributed by atoms with E-state index >= 15 is 0 Å². The van der Waals surface area contributed by atoms with E-state index in [-0.39, 0.29) is 0 Å². The molecule has 0 atom stereocenters. The Labute approximate surface area is 159 Å². The molecule has 0 radical (unpaired) electrons. The van der Waals surface area contributed by atoms with Crippen LogP contribution in [0.1, 0.15) is 63.9 Å². The fourth-order valence-corrected chi connectivity index (χ4v) is 4.32. The van der Waals surface area contributed by atoms with Crippen molar-refractivity contribution in [1.29, 1.82) is 0 Å². The molecule has 26 heavy (non-hydrogen) atoms. The second kappa shape index (κ2) is 10.8. The maximum absolute atomic E-state index is 14.4. The summed E-state index contributed by atoms with van der Waals surface area (Å²) in [7, 11) is 0. The van der Waals surface area contributed by atoms with Crippen molar-refractivity contribution in [2.75, 3.05) is 23.4 Å². The monoisotopic (exact) mass is 383 g/mol. The number of carbonyl (C=O) groups is 1. The van der Waals surface area contributed by atoms with Crippen molar-refractivity contribution in [1.82, 2.24) is 0 Å². The second-order valence-corrected chi connectivity index (χ2v) is 8.09. The zero-order valence-corrected chi connectivity index (χ0v) is 16.4. The highest BCUT2D eigenvalue weighted by molar-refractivity contribution is 7.99. The van der Waals surface area contributed by atoms with E-state index in [1.807, 2.05) is 0 Å². The van der Waals surface area contributed by atoms with Crippen LogP contribution in [0.25, 0.3) is 0 Å². The zero-order chi connectivity index (χ0) is 18.8. The lowest BCUT2D eigenvalue weighted by molar-refractivity contribution is 0.0246. The molecule has 1 amide bonds. The first-order valence-electron chi connectivity index (χ1n) is 9.59. The first-order chi connectivity index (χ1) is 12.5. The van der Waals surface area contributed by atoms with Crippen molar-refractivity contribution in [2.45, 2.75) is 63.9 Å². The molecule has 1 heterocycles. The van der Waals surface area contributed by atoms with Gasteiger partial charge < -0.3 is 9.84 Å². The molecule has 1 saturated heterocycles. The number of unbranched alkanes of at least 4 members (excludes halogenated alkanes) is 5. The summed E-state index contributed by atoms with van der Waals surface area (Å²) in [6.07, 6.45) is 7.25. The number of nitrogens with one attached hydrogen (secondary N) is 1. The SMILES string of the molecule is CCCCCCCCOC(=O)Nc1ccc(C2(O)CCSCC2)c(F)c1. The van der Waals surface area contributed by atoms with Crippen LogP contribution in [-0.4, -0.2) is 29.3 Å². The lowest BCUT2D eigenvalue weighted by Gasteiger charge is -2.32. The van der Waals surface area contributed by atoms with Gasteiger partial charge in [-0.2, -0.15) is 11.8 Å². The Balaban J connectivity index is 1.77. The van der Waals surface area contributed by atoms with Crippen molar-refractivity contribution in [2.24, 2.45) is 0 Å². The van der Waals surface area contributed by atoms with E-state index in [1.165, 1.54) is 25.3 Å². The summed E-state index contributed by atoms with van der Waals surface area (Å²) < 4.78 is 19.6. The molecule has 1 fully saturated rings. The number of ether oxygens (including phenoxy) is 1. The summed E-state index contributed by atoms with van der Waals surface area (Å²) in [5.74, 6) is 1.15. The first kappa shape index (κ1) is 21.0. The van der Waals surface area contributed by atoms with Crippen LogP contribution < -0.4 is 5.32 Å². The third-order valence-electron chi connectivity index (χ3n) is 4.77. The van der Waals surface area contributed by atoms with Gasteiger partial charge in [0.25, 0.3) is 0 Å². The van der Waals surface area contributed by atoms with E-state index in [9.17, 15) is 14.3 Å². The maximum Gasteiger partial charge on any atom is 0.411 e. The molecule has 0 unspecified atom stereocenters. The Morgan fingerprint density at radius 1 is 1.23 bits per heavy atom. The van der Waals surface area contributed by atoms with E-state index in [1.54, 1.807) is 23.9 Å². The molecule has 0 bridgehead atoms. The molecule has 0 spiro atoms. The fraction of sp³-hybridized carbons (Fsp3) is 0.650. The van der Waals surface area contributed by atoms with Crippen LogP contribution in [0.15, 0.2) is 18.2 Å². The normalized spacial score (nSPS) is 16.3. The Bertz CT molecular complexity index is 576. The number of hydrogen-bond donors (Lipinski definition) is 2. The number of carbonyl (C=O) groups excluding carboxylic acids is 1. The van der Waals surface area contributed by atoms with E-state index in [0.717, 1.165) is 30.8 Å². The minimum atomic E-state index is -1.11. The predicted molar refractivity (Wildman–Crippen MR) is 105 cm³/mol. The van der Waals surface area contributed by atoms with Crippen molar-refractivity contribution >= 4 is 23.5 Å². The van der Waals surface area contributed by atoms with E-state index < -0.39 is 17.5 Å². The van der Waals surface area contributed by atoms with Crippen molar-refractivity contribution in [3.05, 3.63) is 29.6 Å². The zero-order valence-electron chi connectivity index (χ0n) is 15.6. The molecule has 2 N–H and O–H groups in total. The second-order valence-electron chi connectivity index (χ2n) is 6.87. The standard InChI is InChI=1S/C20H30FNO3S/c1-2-3-4-5-6-7-12-25-19(23)22-16-8-9-17(18(21)15-16)20(24)10-13-26-14-11-20/h8-9,15,24H,2-7,10-14H2,1H3,(H,22,23). The molecule has 0 saturated carbocycles. The van der Waals surface area contributed by atoms with Gasteiger partial charge in [0.15, 0.2) is 0 Å². The van der Waals surface area contributed by atoms with Gasteiger partial charge in [-0.15, -0.1) is 0 Å². The number of halogens is 1. The molecular weight excluding hydrogens is 353 g/mol. The summed E-state index contributed by atoms with van der Waals surface area (Å²) in [6.45, 7) is 2.55. The smallest absolute Gasteiger partial charge is 0.411 e. The third kappa shape index (κ3) is 6.47. The summed E-state index contributed by atoms with van der Waals surface area (Å²) in [4.78, 5) is 11.8. The fourth-order valence-electron chi connectivity index (χ4n) is 3.15. The predicted octanol–water partition coefficient (Wildman–Crippen LogP) is 5.45. The Morgan fingerprint density at radius 2 is 1.92 bits per heavy atom. The lowest BCUT2D eigenvalue weighted by atomic mass is 9.87. The molecular formula is C20H30FNO3S. The van der Waals surface area contributed by atoms with Gasteiger partial charge in [-0.05, 0) is 42.9 Å². The van der Waals surface area contributed by atoms with Crippen LogP contribution >= 0.6 is 11.8 Å². The number of benzene rings is 1. The highest BCUT2D eigenvalue weighted by Gasteiger charge is 2.33. The topological polar surface area (TPSA) is 58.6 Å². The Hall–Kier alpha value is -1.27. The molecule has 2 rings (SSSR count). The molecule has 146 valence electrons. The van der Waals surface area contributed by atoms with Gasteiger partial charge >= 0.3 is 6.09 Å². The summed E-state index contributed by atoms with van der Waals surface area (Å²) in [6, 6.07) is 4.43. The number of rotatable bonds is 9. The van der Waals surface area contributed by atoms with Crippen LogP contribution in [0.4, 0.5) is 14.9 Å². The van der Waals surface area contributed by atoms with Gasteiger partial charge in [-0.3, -0.25) is 5.32 Å². The minimum absolute atomic E-state index is 0.309. The van der Waals surface area contributed by atoms with Gasteiger partial charge in [0.2, 0.25) is 0 Å². The molecule has 0 aromatic heterocycles. The van der Waals surface area contributed by atoms with Crippen molar-refractivity contribution in [3.8, 4) is 0 Å². The van der Waals surface area contributed by atoms with Gasteiger partial charge in [0.05, 0.1) is 12.2 Å². The molecule has 1 aromatic rings. The molecule has 4 nitrogen and oxygen atoms in total. The number of aliphatic hydroxyl groups is 1. The number of amides is 1. The molecule has 0 aliphatic carbocycles. The quantitative estimate of drug-likeness (QED) is 0.557. The van der Waals surface area contributed by atoms with Gasteiger partial charge in [0.1, 0.15) is 5.82 Å². The Kier molecular flexibility index (Phi) is 8.72. The lowest BCUT2D eigenvalue weighted by Crippen LogP contribution is -2.31. The van der Waals surface area contributed by atoms with Crippen LogP contribution in [0, 0.1) is 5.82 Å². The van der Waals surface area contributed by atoms with Gasteiger partial charge in [-0.1, -0.05) is 45.1 Å². The number of anilines is 1. The van der Waals surface area contributed by atoms with Crippen molar-refractivity contribution < 1.29 is 19.0 Å². The van der Waals surface area contributed by atoms with Crippen LogP contribution in [0.3, 0.4) is 0 Å². The van der Waals surface area contributed by atoms with Crippen LogP contribution in [-0.2, 0) is 10.3 Å². The van der Waals surface area contributed by atoms with Crippen LogP contribution in [0.5, 0.6) is 0 Å². The largest absolute Gasteiger partial charge is 0.449 e. The minimum Gasteiger partial charge on any atom is -0.449 e. The van der Waals surface area contributed by atoms with E-state index in [2.05, 4.69) is 12.2 Å². The summed E-state index contributed by atoms with van der Waals surface area (Å²) in [5.41, 5.74) is -0.455. The Morgan fingerprint density at radius 3 is 2.62 bits per heavy atom. The maximum atomic E-state index is 14.4. The molecule has 1 aliphatic rings. The average molecular weight is 384 g/mol.